The quantitative estimate of drug-likeness (QED) is 0.821. The minimum absolute atomic E-state index is 0.213. The summed E-state index contributed by atoms with van der Waals surface area (Å²) in [5.41, 5.74) is 10.8. The van der Waals surface area contributed by atoms with E-state index < -0.39 is 5.54 Å². The molecule has 1 aromatic rings. The van der Waals surface area contributed by atoms with E-state index >= 15 is 0 Å². The Hall–Kier alpha value is -0.710. The maximum Gasteiger partial charge on any atom is 0.237 e. The molecule has 0 heterocycles. The normalized spacial score (nSPS) is 26.5. The smallest absolute Gasteiger partial charge is 0.237 e. The predicted molar refractivity (Wildman–Crippen MR) is 80.2 cm³/mol. The van der Waals surface area contributed by atoms with Crippen LogP contribution in [-0.4, -0.2) is 17.2 Å². The Morgan fingerprint density at radius 1 is 1.42 bits per heavy atom. The van der Waals surface area contributed by atoms with E-state index in [4.69, 9.17) is 23.1 Å². The lowest BCUT2D eigenvalue weighted by Crippen LogP contribution is -2.54. The molecular weight excluding hydrogens is 280 g/mol. The number of amides is 1. The van der Waals surface area contributed by atoms with Crippen molar-refractivity contribution in [1.29, 1.82) is 0 Å². The molecule has 0 aliphatic heterocycles. The van der Waals surface area contributed by atoms with Gasteiger partial charge in [-0.25, -0.2) is 0 Å². The maximum atomic E-state index is 11.5. The van der Waals surface area contributed by atoms with Crippen molar-refractivity contribution in [2.24, 2.45) is 17.4 Å². The first-order valence-electron chi connectivity index (χ1n) is 6.49. The number of nitrogens with two attached hydrogens (primary N) is 2. The van der Waals surface area contributed by atoms with Crippen molar-refractivity contribution in [3.05, 3.63) is 29.3 Å². The predicted octanol–water partition coefficient (Wildman–Crippen LogP) is 2.81. The summed E-state index contributed by atoms with van der Waals surface area (Å²) < 4.78 is 0. The van der Waals surface area contributed by atoms with Gasteiger partial charge in [-0.3, -0.25) is 4.79 Å². The Bertz CT molecular complexity index is 451. The molecule has 5 heteroatoms. The van der Waals surface area contributed by atoms with Crippen LogP contribution in [0.15, 0.2) is 29.2 Å². The van der Waals surface area contributed by atoms with Crippen molar-refractivity contribution in [1.82, 2.24) is 0 Å². The molecule has 0 radical (unpaired) electrons. The Balaban J connectivity index is 1.85. The first-order chi connectivity index (χ1) is 9.02. The number of halogens is 1. The summed E-state index contributed by atoms with van der Waals surface area (Å²) in [7, 11) is 0. The molecule has 1 fully saturated rings. The van der Waals surface area contributed by atoms with E-state index in [1.807, 2.05) is 24.3 Å². The number of thioether (sulfide) groups is 1. The van der Waals surface area contributed by atoms with E-state index in [1.54, 1.807) is 11.8 Å². The summed E-state index contributed by atoms with van der Waals surface area (Å²) in [6, 6.07) is 7.78. The van der Waals surface area contributed by atoms with Crippen LogP contribution < -0.4 is 11.5 Å². The molecule has 0 spiro atoms. The molecule has 2 unspecified atom stereocenters. The molecule has 1 saturated carbocycles. The van der Waals surface area contributed by atoms with Crippen LogP contribution >= 0.6 is 23.4 Å². The third-order valence-electron chi connectivity index (χ3n) is 3.88. The highest BCUT2D eigenvalue weighted by Crippen LogP contribution is 2.37. The van der Waals surface area contributed by atoms with Crippen molar-refractivity contribution in [2.45, 2.75) is 36.1 Å². The number of hydrogen-bond acceptors (Lipinski definition) is 3. The average Bonchev–Trinajstić information content (AvgIpc) is 2.75. The Morgan fingerprint density at radius 2 is 2.11 bits per heavy atom. The fourth-order valence-electron chi connectivity index (χ4n) is 2.68. The van der Waals surface area contributed by atoms with Gasteiger partial charge in [-0.05, 0) is 55.2 Å². The van der Waals surface area contributed by atoms with Crippen molar-refractivity contribution in [3.8, 4) is 0 Å². The van der Waals surface area contributed by atoms with Gasteiger partial charge in [0, 0.05) is 9.92 Å². The Morgan fingerprint density at radius 3 is 2.74 bits per heavy atom. The number of primary amides is 1. The van der Waals surface area contributed by atoms with Gasteiger partial charge >= 0.3 is 0 Å². The maximum absolute atomic E-state index is 11.5. The van der Waals surface area contributed by atoms with E-state index in [0.29, 0.717) is 0 Å². The molecule has 1 aliphatic rings. The van der Waals surface area contributed by atoms with Gasteiger partial charge in [0.2, 0.25) is 5.91 Å². The highest BCUT2D eigenvalue weighted by molar-refractivity contribution is 7.99. The van der Waals surface area contributed by atoms with Crippen LogP contribution in [0.3, 0.4) is 0 Å². The second-order valence-electron chi connectivity index (χ2n) is 5.08. The first-order valence-corrected chi connectivity index (χ1v) is 7.86. The molecule has 3 nitrogen and oxygen atoms in total. The minimum atomic E-state index is -0.791. The molecule has 2 rings (SSSR count). The monoisotopic (exact) mass is 298 g/mol. The van der Waals surface area contributed by atoms with Crippen LogP contribution in [0.2, 0.25) is 5.02 Å². The highest BCUT2D eigenvalue weighted by atomic mass is 35.5. The van der Waals surface area contributed by atoms with Crippen LogP contribution in [0.1, 0.15) is 25.7 Å². The minimum Gasteiger partial charge on any atom is -0.368 e. The zero-order chi connectivity index (χ0) is 13.9. The topological polar surface area (TPSA) is 69.1 Å². The second-order valence-corrected chi connectivity index (χ2v) is 6.69. The van der Waals surface area contributed by atoms with Crippen molar-refractivity contribution in [2.75, 3.05) is 5.75 Å². The molecule has 0 aromatic heterocycles. The molecule has 2 atom stereocenters. The van der Waals surface area contributed by atoms with Gasteiger partial charge < -0.3 is 11.5 Å². The van der Waals surface area contributed by atoms with Crippen LogP contribution in [0.4, 0.5) is 0 Å². The zero-order valence-corrected chi connectivity index (χ0v) is 12.3. The number of rotatable bonds is 5. The lowest BCUT2D eigenvalue weighted by Gasteiger charge is -2.27. The molecule has 19 heavy (non-hydrogen) atoms. The molecule has 1 amide bonds. The summed E-state index contributed by atoms with van der Waals surface area (Å²) in [6.45, 7) is 0. The fourth-order valence-corrected chi connectivity index (χ4v) is 3.77. The molecule has 1 aliphatic carbocycles. The third kappa shape index (κ3) is 3.44. The lowest BCUT2D eigenvalue weighted by atomic mass is 9.85. The molecule has 0 saturated heterocycles. The molecular formula is C14H19ClN2OS. The number of benzene rings is 1. The van der Waals surface area contributed by atoms with Crippen molar-refractivity contribution >= 4 is 29.3 Å². The van der Waals surface area contributed by atoms with Gasteiger partial charge in [0.15, 0.2) is 0 Å². The average molecular weight is 299 g/mol. The summed E-state index contributed by atoms with van der Waals surface area (Å²) in [6.07, 6.45) is 3.64. The zero-order valence-electron chi connectivity index (χ0n) is 10.8. The SMILES string of the molecule is NC(=O)C1(N)CCCC1CCSc1ccc(Cl)cc1. The largest absolute Gasteiger partial charge is 0.368 e. The van der Waals surface area contributed by atoms with Crippen LogP contribution in [0, 0.1) is 5.92 Å². The van der Waals surface area contributed by atoms with E-state index in [2.05, 4.69) is 0 Å². The van der Waals surface area contributed by atoms with Crippen molar-refractivity contribution < 1.29 is 4.79 Å². The van der Waals surface area contributed by atoms with Gasteiger partial charge in [0.25, 0.3) is 0 Å². The van der Waals surface area contributed by atoms with Gasteiger partial charge in [-0.1, -0.05) is 18.0 Å². The molecule has 1 aromatic carbocycles. The van der Waals surface area contributed by atoms with Gasteiger partial charge in [0.05, 0.1) is 5.54 Å². The fraction of sp³-hybridized carbons (Fsp3) is 0.500. The summed E-state index contributed by atoms with van der Waals surface area (Å²) in [5, 5.41) is 0.745. The molecule has 0 bridgehead atoms. The molecule has 104 valence electrons. The molecule has 4 N–H and O–H groups in total. The van der Waals surface area contributed by atoms with Crippen molar-refractivity contribution in [3.63, 3.8) is 0 Å². The number of carbonyl (C=O) groups is 1. The van der Waals surface area contributed by atoms with E-state index in [0.717, 1.165) is 36.5 Å². The summed E-state index contributed by atoms with van der Waals surface area (Å²) in [5.74, 6) is 0.801. The van der Waals surface area contributed by atoms with Gasteiger partial charge in [-0.2, -0.15) is 0 Å². The highest BCUT2D eigenvalue weighted by Gasteiger charge is 2.43. The Kier molecular flexibility index (Phi) is 4.76. The standard InChI is InChI=1S/C14H19ClN2OS/c15-11-3-5-12(6-4-11)19-9-7-10-2-1-8-14(10,17)13(16)18/h3-6,10H,1-2,7-9,17H2,(H2,16,18). The lowest BCUT2D eigenvalue weighted by molar-refractivity contribution is -0.124. The van der Waals surface area contributed by atoms with Crippen LogP contribution in [0.25, 0.3) is 0 Å². The summed E-state index contributed by atoms with van der Waals surface area (Å²) in [4.78, 5) is 12.7. The second kappa shape index (κ2) is 6.16. The van der Waals surface area contributed by atoms with E-state index in [-0.39, 0.29) is 11.8 Å². The first kappa shape index (κ1) is 14.7. The Labute approximate surface area is 123 Å². The number of carbonyl (C=O) groups excluding carboxylic acids is 1. The van der Waals surface area contributed by atoms with Gasteiger partial charge in [0.1, 0.15) is 0 Å². The van der Waals surface area contributed by atoms with E-state index in [9.17, 15) is 4.79 Å². The van der Waals surface area contributed by atoms with E-state index in [1.165, 1.54) is 4.90 Å². The van der Waals surface area contributed by atoms with Crippen LogP contribution in [0.5, 0.6) is 0 Å². The number of hydrogen-bond donors (Lipinski definition) is 2. The summed E-state index contributed by atoms with van der Waals surface area (Å²) >= 11 is 7.61. The van der Waals surface area contributed by atoms with Crippen LogP contribution in [-0.2, 0) is 4.79 Å². The van der Waals surface area contributed by atoms with Gasteiger partial charge in [-0.15, -0.1) is 11.8 Å². The third-order valence-corrected chi connectivity index (χ3v) is 5.18.